The molecule has 1 aromatic carbocycles. The normalized spacial score (nSPS) is 11.8. The second kappa shape index (κ2) is 8.63. The van der Waals surface area contributed by atoms with Gasteiger partial charge < -0.3 is 14.8 Å². The molecule has 0 aliphatic carbocycles. The van der Waals surface area contributed by atoms with Gasteiger partial charge in [0.1, 0.15) is 5.01 Å². The summed E-state index contributed by atoms with van der Waals surface area (Å²) in [6.07, 6.45) is 2.40. The molecule has 0 aliphatic rings. The van der Waals surface area contributed by atoms with Crippen LogP contribution in [-0.4, -0.2) is 30.3 Å². The summed E-state index contributed by atoms with van der Waals surface area (Å²) in [6, 6.07) is 5.43. The van der Waals surface area contributed by atoms with Gasteiger partial charge in [-0.25, -0.2) is 0 Å². The van der Waals surface area contributed by atoms with Gasteiger partial charge in [0.2, 0.25) is 11.0 Å². The zero-order chi connectivity index (χ0) is 17.5. The molecular formula is C17H23N3O3S. The maximum Gasteiger partial charge on any atom is 0.230 e. The Morgan fingerprint density at radius 2 is 2.00 bits per heavy atom. The van der Waals surface area contributed by atoms with Crippen molar-refractivity contribution >= 4 is 22.4 Å². The predicted molar refractivity (Wildman–Crippen MR) is 95.1 cm³/mol. The minimum Gasteiger partial charge on any atom is -0.493 e. The third-order valence-corrected chi connectivity index (χ3v) is 4.71. The van der Waals surface area contributed by atoms with Crippen LogP contribution >= 0.6 is 11.3 Å². The molecule has 0 bridgehead atoms. The largest absolute Gasteiger partial charge is 0.493 e. The molecule has 0 radical (unpaired) electrons. The Morgan fingerprint density at radius 1 is 1.25 bits per heavy atom. The van der Waals surface area contributed by atoms with E-state index in [4.69, 9.17) is 9.47 Å². The zero-order valence-corrected chi connectivity index (χ0v) is 15.3. The van der Waals surface area contributed by atoms with E-state index in [2.05, 4.69) is 29.4 Å². The first-order valence-electron chi connectivity index (χ1n) is 7.91. The van der Waals surface area contributed by atoms with Crippen LogP contribution in [0.1, 0.15) is 43.2 Å². The van der Waals surface area contributed by atoms with Crippen LogP contribution in [0.5, 0.6) is 11.5 Å². The predicted octanol–water partition coefficient (Wildman–Crippen LogP) is 3.64. The van der Waals surface area contributed by atoms with Crippen LogP contribution in [-0.2, 0) is 11.2 Å². The fourth-order valence-electron chi connectivity index (χ4n) is 2.38. The van der Waals surface area contributed by atoms with Gasteiger partial charge in [0.25, 0.3) is 0 Å². The summed E-state index contributed by atoms with van der Waals surface area (Å²) in [5, 5.41) is 12.5. The molecule has 130 valence electrons. The summed E-state index contributed by atoms with van der Waals surface area (Å²) in [6.45, 7) is 4.27. The lowest BCUT2D eigenvalue weighted by Crippen LogP contribution is -2.14. The molecule has 1 amide bonds. The van der Waals surface area contributed by atoms with Gasteiger partial charge in [-0.3, -0.25) is 4.79 Å². The van der Waals surface area contributed by atoms with Crippen molar-refractivity contribution in [3.63, 3.8) is 0 Å². The van der Waals surface area contributed by atoms with Crippen LogP contribution in [0.4, 0.5) is 5.13 Å². The average molecular weight is 349 g/mol. The highest BCUT2D eigenvalue weighted by atomic mass is 32.1. The molecule has 24 heavy (non-hydrogen) atoms. The number of ether oxygens (including phenoxy) is 2. The van der Waals surface area contributed by atoms with E-state index in [0.29, 0.717) is 22.5 Å². The summed E-state index contributed by atoms with van der Waals surface area (Å²) in [7, 11) is 3.15. The number of carbonyl (C=O) groups is 1. The number of carbonyl (C=O) groups excluding carboxylic acids is 1. The molecule has 1 N–H and O–H groups in total. The van der Waals surface area contributed by atoms with E-state index in [9.17, 15) is 4.79 Å². The van der Waals surface area contributed by atoms with Crippen molar-refractivity contribution in [1.29, 1.82) is 0 Å². The van der Waals surface area contributed by atoms with Crippen molar-refractivity contribution in [3.8, 4) is 11.5 Å². The minimum absolute atomic E-state index is 0.131. The lowest BCUT2D eigenvalue weighted by atomic mass is 10.1. The van der Waals surface area contributed by atoms with Crippen LogP contribution in [0, 0.1) is 0 Å². The van der Waals surface area contributed by atoms with Gasteiger partial charge in [0.05, 0.1) is 20.6 Å². The first-order valence-corrected chi connectivity index (χ1v) is 8.73. The van der Waals surface area contributed by atoms with Crippen LogP contribution in [0.2, 0.25) is 0 Å². The highest BCUT2D eigenvalue weighted by molar-refractivity contribution is 7.15. The van der Waals surface area contributed by atoms with Gasteiger partial charge in [-0.1, -0.05) is 37.7 Å². The number of nitrogens with one attached hydrogen (secondary N) is 1. The van der Waals surface area contributed by atoms with Crippen molar-refractivity contribution in [2.45, 2.75) is 39.0 Å². The maximum atomic E-state index is 12.2. The molecule has 0 aliphatic heterocycles. The number of aromatic nitrogens is 2. The second-order valence-electron chi connectivity index (χ2n) is 5.55. The first-order chi connectivity index (χ1) is 11.6. The number of rotatable bonds is 8. The molecule has 0 saturated heterocycles. The average Bonchev–Trinajstić information content (AvgIpc) is 3.03. The first kappa shape index (κ1) is 18.2. The van der Waals surface area contributed by atoms with Crippen LogP contribution < -0.4 is 14.8 Å². The molecule has 0 spiro atoms. The Balaban J connectivity index is 1.98. The maximum absolute atomic E-state index is 12.2. The summed E-state index contributed by atoms with van der Waals surface area (Å²) in [4.78, 5) is 12.2. The molecule has 6 nitrogen and oxygen atoms in total. The number of amides is 1. The molecule has 1 heterocycles. The van der Waals surface area contributed by atoms with E-state index in [-0.39, 0.29) is 12.3 Å². The van der Waals surface area contributed by atoms with Crippen LogP contribution in [0.3, 0.4) is 0 Å². The summed E-state index contributed by atoms with van der Waals surface area (Å²) >= 11 is 1.43. The van der Waals surface area contributed by atoms with Gasteiger partial charge in [0.15, 0.2) is 11.5 Å². The zero-order valence-electron chi connectivity index (χ0n) is 14.5. The van der Waals surface area contributed by atoms with Crippen molar-refractivity contribution in [2.75, 3.05) is 19.5 Å². The Kier molecular flexibility index (Phi) is 6.54. The van der Waals surface area contributed by atoms with Crippen molar-refractivity contribution in [1.82, 2.24) is 10.2 Å². The molecule has 0 fully saturated rings. The quantitative estimate of drug-likeness (QED) is 0.787. The van der Waals surface area contributed by atoms with Gasteiger partial charge >= 0.3 is 0 Å². The van der Waals surface area contributed by atoms with E-state index in [0.717, 1.165) is 23.4 Å². The monoisotopic (exact) mass is 349 g/mol. The lowest BCUT2D eigenvalue weighted by molar-refractivity contribution is -0.115. The number of hydrogen-bond acceptors (Lipinski definition) is 6. The number of nitrogens with zero attached hydrogens (tertiary/aromatic N) is 2. The minimum atomic E-state index is -0.131. The van der Waals surface area contributed by atoms with Gasteiger partial charge in [-0.2, -0.15) is 0 Å². The second-order valence-corrected chi connectivity index (χ2v) is 6.56. The number of anilines is 1. The lowest BCUT2D eigenvalue weighted by Gasteiger charge is -2.09. The van der Waals surface area contributed by atoms with Crippen molar-refractivity contribution in [2.24, 2.45) is 0 Å². The molecular weight excluding hydrogens is 326 g/mol. The van der Waals surface area contributed by atoms with Gasteiger partial charge in [-0.05, 0) is 24.1 Å². The smallest absolute Gasteiger partial charge is 0.230 e. The fraction of sp³-hybridized carbons (Fsp3) is 0.471. The Morgan fingerprint density at radius 3 is 2.67 bits per heavy atom. The van der Waals surface area contributed by atoms with E-state index < -0.39 is 0 Å². The van der Waals surface area contributed by atoms with Crippen LogP contribution in [0.15, 0.2) is 18.2 Å². The SMILES string of the molecule is CCC[C@H](C)c1nnc(NC(=O)Cc2ccc(OC)c(OC)c2)s1. The highest BCUT2D eigenvalue weighted by Crippen LogP contribution is 2.28. The summed E-state index contributed by atoms with van der Waals surface area (Å²) < 4.78 is 10.4. The topological polar surface area (TPSA) is 73.3 Å². The Hall–Kier alpha value is -2.15. The molecule has 1 aromatic heterocycles. The van der Waals surface area contributed by atoms with E-state index >= 15 is 0 Å². The number of benzene rings is 1. The van der Waals surface area contributed by atoms with Crippen LogP contribution in [0.25, 0.3) is 0 Å². The number of hydrogen-bond donors (Lipinski definition) is 1. The molecule has 0 unspecified atom stereocenters. The van der Waals surface area contributed by atoms with E-state index in [1.165, 1.54) is 11.3 Å². The Labute approximate surface area is 146 Å². The molecule has 7 heteroatoms. The van der Waals surface area contributed by atoms with Crippen molar-refractivity contribution in [3.05, 3.63) is 28.8 Å². The van der Waals surface area contributed by atoms with Gasteiger partial charge in [-0.15, -0.1) is 10.2 Å². The fourth-order valence-corrected chi connectivity index (χ4v) is 3.23. The van der Waals surface area contributed by atoms with E-state index in [1.807, 2.05) is 6.07 Å². The van der Waals surface area contributed by atoms with Gasteiger partial charge in [0, 0.05) is 5.92 Å². The Bertz CT molecular complexity index is 687. The molecule has 2 rings (SSSR count). The van der Waals surface area contributed by atoms with E-state index in [1.54, 1.807) is 26.4 Å². The molecule has 1 atom stereocenters. The highest BCUT2D eigenvalue weighted by Gasteiger charge is 2.14. The van der Waals surface area contributed by atoms with Crippen molar-refractivity contribution < 1.29 is 14.3 Å². The standard InChI is InChI=1S/C17H23N3O3S/c1-5-6-11(2)16-19-20-17(24-16)18-15(21)10-12-7-8-13(22-3)14(9-12)23-4/h7-9,11H,5-6,10H2,1-4H3,(H,18,20,21)/t11-/m0/s1. The molecule has 2 aromatic rings. The third-order valence-electron chi connectivity index (χ3n) is 3.64. The number of methoxy groups -OCH3 is 2. The summed E-state index contributed by atoms with van der Waals surface area (Å²) in [5.74, 6) is 1.48. The summed E-state index contributed by atoms with van der Waals surface area (Å²) in [5.41, 5.74) is 0.842. The third kappa shape index (κ3) is 4.67. The molecule has 0 saturated carbocycles.